The van der Waals surface area contributed by atoms with Gasteiger partial charge < -0.3 is 10.1 Å². The Morgan fingerprint density at radius 2 is 2.09 bits per heavy atom. The van der Waals surface area contributed by atoms with Crippen molar-refractivity contribution in [1.29, 1.82) is 0 Å². The fraction of sp³-hybridized carbons (Fsp3) is 0.421. The van der Waals surface area contributed by atoms with Gasteiger partial charge in [-0.2, -0.15) is 0 Å². The number of amides is 1. The molecule has 4 heteroatoms. The maximum Gasteiger partial charge on any atom is 0.261 e. The fourth-order valence-electron chi connectivity index (χ4n) is 2.95. The van der Waals surface area contributed by atoms with Crippen LogP contribution in [0.2, 0.25) is 0 Å². The second-order valence-electron chi connectivity index (χ2n) is 6.23. The van der Waals surface area contributed by atoms with Crippen LogP contribution in [0.1, 0.15) is 52.9 Å². The van der Waals surface area contributed by atoms with Crippen molar-refractivity contribution < 1.29 is 9.53 Å². The topological polar surface area (TPSA) is 38.3 Å². The smallest absolute Gasteiger partial charge is 0.261 e. The Morgan fingerprint density at radius 3 is 2.87 bits per heavy atom. The van der Waals surface area contributed by atoms with Gasteiger partial charge in [0.2, 0.25) is 0 Å². The first kappa shape index (κ1) is 16.1. The summed E-state index contributed by atoms with van der Waals surface area (Å²) in [6.07, 6.45) is 5.97. The van der Waals surface area contributed by atoms with Gasteiger partial charge >= 0.3 is 0 Å². The van der Waals surface area contributed by atoms with Crippen molar-refractivity contribution in [3.63, 3.8) is 0 Å². The molecule has 0 atom stereocenters. The molecular formula is C19H23NO2S. The quantitative estimate of drug-likeness (QED) is 0.863. The number of thiophene rings is 1. The summed E-state index contributed by atoms with van der Waals surface area (Å²) in [5.41, 5.74) is 2.23. The molecule has 1 aliphatic rings. The lowest BCUT2D eigenvalue weighted by molar-refractivity contribution is 0.0932. The summed E-state index contributed by atoms with van der Waals surface area (Å²) in [6, 6.07) is 10.3. The van der Waals surface area contributed by atoms with E-state index in [-0.39, 0.29) is 5.91 Å². The van der Waals surface area contributed by atoms with Gasteiger partial charge in [0.05, 0.1) is 4.88 Å². The third kappa shape index (κ3) is 4.58. The van der Waals surface area contributed by atoms with Crippen LogP contribution in [0.25, 0.3) is 0 Å². The van der Waals surface area contributed by atoms with Crippen LogP contribution in [-0.2, 0) is 6.61 Å². The number of carbonyl (C=O) groups is 1. The van der Waals surface area contributed by atoms with E-state index in [4.69, 9.17) is 4.74 Å². The number of rotatable bonds is 5. The van der Waals surface area contributed by atoms with Gasteiger partial charge in [-0.25, -0.2) is 0 Å². The minimum Gasteiger partial charge on any atom is -0.489 e. The fourth-order valence-corrected chi connectivity index (χ4v) is 3.75. The Hall–Kier alpha value is -1.81. The molecule has 1 aromatic heterocycles. The van der Waals surface area contributed by atoms with E-state index in [1.165, 1.54) is 36.2 Å². The molecule has 1 heterocycles. The molecule has 0 spiro atoms. The lowest BCUT2D eigenvalue weighted by Crippen LogP contribution is -2.35. The lowest BCUT2D eigenvalue weighted by atomic mass is 9.95. The SMILES string of the molecule is Cc1cccc(OCc2csc(C(=O)NC3CCCCC3)c2)c1. The number of carbonyl (C=O) groups excluding carboxylic acids is 1. The van der Waals surface area contributed by atoms with Crippen LogP contribution in [0.5, 0.6) is 5.75 Å². The number of hydrogen-bond donors (Lipinski definition) is 1. The molecule has 1 amide bonds. The molecule has 122 valence electrons. The van der Waals surface area contributed by atoms with Gasteiger partial charge in [0.1, 0.15) is 12.4 Å². The van der Waals surface area contributed by atoms with Gasteiger partial charge in [-0.3, -0.25) is 4.79 Å². The van der Waals surface area contributed by atoms with Crippen LogP contribution < -0.4 is 10.1 Å². The highest BCUT2D eigenvalue weighted by Crippen LogP contribution is 2.21. The monoisotopic (exact) mass is 329 g/mol. The summed E-state index contributed by atoms with van der Waals surface area (Å²) in [5.74, 6) is 0.924. The minimum absolute atomic E-state index is 0.0590. The van der Waals surface area contributed by atoms with E-state index in [1.54, 1.807) is 0 Å². The summed E-state index contributed by atoms with van der Waals surface area (Å²) >= 11 is 1.49. The Labute approximate surface area is 141 Å². The molecule has 3 rings (SSSR count). The molecule has 2 aromatic rings. The van der Waals surface area contributed by atoms with Crippen LogP contribution in [-0.4, -0.2) is 11.9 Å². The molecule has 1 fully saturated rings. The van der Waals surface area contributed by atoms with E-state index in [0.717, 1.165) is 29.0 Å². The average Bonchev–Trinajstić information content (AvgIpc) is 3.03. The van der Waals surface area contributed by atoms with E-state index < -0.39 is 0 Å². The molecule has 1 aromatic carbocycles. The zero-order chi connectivity index (χ0) is 16.1. The van der Waals surface area contributed by atoms with Gasteiger partial charge in [0.25, 0.3) is 5.91 Å². The first-order valence-electron chi connectivity index (χ1n) is 8.28. The first-order valence-corrected chi connectivity index (χ1v) is 9.16. The molecule has 1 saturated carbocycles. The Balaban J connectivity index is 1.53. The Morgan fingerprint density at radius 1 is 1.26 bits per heavy atom. The predicted molar refractivity (Wildman–Crippen MR) is 94.2 cm³/mol. The summed E-state index contributed by atoms with van der Waals surface area (Å²) in [4.78, 5) is 13.1. The van der Waals surface area contributed by atoms with Crippen molar-refractivity contribution in [2.24, 2.45) is 0 Å². The van der Waals surface area contributed by atoms with Crippen molar-refractivity contribution in [2.45, 2.75) is 51.7 Å². The zero-order valence-electron chi connectivity index (χ0n) is 13.5. The van der Waals surface area contributed by atoms with Crippen LogP contribution in [0.3, 0.4) is 0 Å². The third-order valence-corrected chi connectivity index (χ3v) is 5.19. The average molecular weight is 329 g/mol. The van der Waals surface area contributed by atoms with Gasteiger partial charge in [0, 0.05) is 11.6 Å². The van der Waals surface area contributed by atoms with Crippen molar-refractivity contribution in [1.82, 2.24) is 5.32 Å². The van der Waals surface area contributed by atoms with Gasteiger partial charge in [-0.15, -0.1) is 11.3 Å². The molecular weight excluding hydrogens is 306 g/mol. The largest absolute Gasteiger partial charge is 0.489 e. The second kappa shape index (κ2) is 7.64. The minimum atomic E-state index is 0.0590. The van der Waals surface area contributed by atoms with Crippen LogP contribution in [0, 0.1) is 6.92 Å². The van der Waals surface area contributed by atoms with E-state index >= 15 is 0 Å². The molecule has 0 bridgehead atoms. The number of aryl methyl sites for hydroxylation is 1. The van der Waals surface area contributed by atoms with Gasteiger partial charge in [-0.1, -0.05) is 31.4 Å². The summed E-state index contributed by atoms with van der Waals surface area (Å²) in [5, 5.41) is 5.17. The number of hydrogen-bond acceptors (Lipinski definition) is 3. The standard InChI is InChI=1S/C19H23NO2S/c1-14-6-5-9-17(10-14)22-12-15-11-18(23-13-15)19(21)20-16-7-3-2-4-8-16/h5-6,9-11,13,16H,2-4,7-8,12H2,1H3,(H,20,21). The Kier molecular flexibility index (Phi) is 5.34. The van der Waals surface area contributed by atoms with Crippen LogP contribution >= 0.6 is 11.3 Å². The summed E-state index contributed by atoms with van der Waals surface area (Å²) < 4.78 is 5.79. The molecule has 1 aliphatic carbocycles. The van der Waals surface area contributed by atoms with Crippen molar-refractivity contribution in [2.75, 3.05) is 0 Å². The van der Waals surface area contributed by atoms with E-state index in [2.05, 4.69) is 5.32 Å². The highest BCUT2D eigenvalue weighted by Gasteiger charge is 2.17. The molecule has 0 radical (unpaired) electrons. The van der Waals surface area contributed by atoms with Crippen LogP contribution in [0.4, 0.5) is 0 Å². The Bertz CT molecular complexity index is 659. The molecule has 1 N–H and O–H groups in total. The van der Waals surface area contributed by atoms with Crippen LogP contribution in [0.15, 0.2) is 35.7 Å². The maximum absolute atomic E-state index is 12.3. The zero-order valence-corrected chi connectivity index (χ0v) is 14.3. The maximum atomic E-state index is 12.3. The van der Waals surface area contributed by atoms with Crippen molar-refractivity contribution >= 4 is 17.2 Å². The molecule has 0 saturated heterocycles. The number of ether oxygens (including phenoxy) is 1. The summed E-state index contributed by atoms with van der Waals surface area (Å²) in [6.45, 7) is 2.54. The molecule has 23 heavy (non-hydrogen) atoms. The first-order chi connectivity index (χ1) is 11.2. The van der Waals surface area contributed by atoms with Gasteiger partial charge in [0.15, 0.2) is 0 Å². The second-order valence-corrected chi connectivity index (χ2v) is 7.14. The van der Waals surface area contributed by atoms with E-state index in [0.29, 0.717) is 12.6 Å². The predicted octanol–water partition coefficient (Wildman–Crippen LogP) is 4.70. The highest BCUT2D eigenvalue weighted by atomic mass is 32.1. The highest BCUT2D eigenvalue weighted by molar-refractivity contribution is 7.12. The van der Waals surface area contributed by atoms with Crippen molar-refractivity contribution in [3.05, 3.63) is 51.7 Å². The van der Waals surface area contributed by atoms with Crippen molar-refractivity contribution in [3.8, 4) is 5.75 Å². The summed E-state index contributed by atoms with van der Waals surface area (Å²) in [7, 11) is 0. The molecule has 3 nitrogen and oxygen atoms in total. The van der Waals surface area contributed by atoms with E-state index in [1.807, 2.05) is 42.6 Å². The van der Waals surface area contributed by atoms with E-state index in [9.17, 15) is 4.79 Å². The number of benzene rings is 1. The normalized spacial score (nSPS) is 15.3. The molecule has 0 aliphatic heterocycles. The third-order valence-electron chi connectivity index (χ3n) is 4.21. The molecule has 0 unspecified atom stereocenters. The lowest BCUT2D eigenvalue weighted by Gasteiger charge is -2.22. The van der Waals surface area contributed by atoms with Gasteiger partial charge in [-0.05, 0) is 48.9 Å². The number of nitrogens with one attached hydrogen (secondary N) is 1.